The van der Waals surface area contributed by atoms with E-state index in [2.05, 4.69) is 57.4 Å². The Balaban J connectivity index is 2.04. The number of nitrogens with one attached hydrogen (secondary N) is 1. The van der Waals surface area contributed by atoms with Crippen LogP contribution in [0.5, 0.6) is 0 Å². The van der Waals surface area contributed by atoms with Gasteiger partial charge < -0.3 is 9.73 Å². The van der Waals surface area contributed by atoms with Gasteiger partial charge in [-0.15, -0.1) is 10.2 Å². The molecule has 1 unspecified atom stereocenters. The average molecular weight is 338 g/mol. The van der Waals surface area contributed by atoms with Crippen molar-refractivity contribution in [3.8, 4) is 0 Å². The van der Waals surface area contributed by atoms with Crippen LogP contribution in [0.1, 0.15) is 50.1 Å². The monoisotopic (exact) mass is 337 g/mol. The van der Waals surface area contributed by atoms with Crippen LogP contribution in [-0.4, -0.2) is 16.7 Å². The molecule has 1 aromatic heterocycles. The third-order valence-corrected chi connectivity index (χ3v) is 3.57. The van der Waals surface area contributed by atoms with Crippen LogP contribution in [0, 0.1) is 0 Å². The van der Waals surface area contributed by atoms with Gasteiger partial charge in [0.2, 0.25) is 11.8 Å². The molecule has 0 radical (unpaired) electrons. The number of hydrogen-bond acceptors (Lipinski definition) is 4. The summed E-state index contributed by atoms with van der Waals surface area (Å²) >= 11 is 3.47. The Bertz CT molecular complexity index is 541. The van der Waals surface area contributed by atoms with Gasteiger partial charge in [0.25, 0.3) is 0 Å². The van der Waals surface area contributed by atoms with Crippen LogP contribution in [-0.2, 0) is 6.42 Å². The summed E-state index contributed by atoms with van der Waals surface area (Å²) in [4.78, 5) is 0. The Kier molecular flexibility index (Phi) is 5.73. The molecule has 0 saturated carbocycles. The Hall–Kier alpha value is -1.20. The van der Waals surface area contributed by atoms with Crippen LogP contribution in [0.4, 0.5) is 0 Å². The van der Waals surface area contributed by atoms with Crippen molar-refractivity contribution in [2.24, 2.45) is 0 Å². The summed E-state index contributed by atoms with van der Waals surface area (Å²) < 4.78 is 6.84. The molecule has 0 aliphatic carbocycles. The third-order valence-electron chi connectivity index (χ3n) is 3.07. The van der Waals surface area contributed by atoms with Crippen molar-refractivity contribution in [2.75, 3.05) is 6.54 Å². The molecule has 1 heterocycles. The van der Waals surface area contributed by atoms with E-state index in [1.165, 1.54) is 0 Å². The molecular weight excluding hydrogens is 318 g/mol. The van der Waals surface area contributed by atoms with Crippen LogP contribution < -0.4 is 5.32 Å². The molecule has 1 aromatic carbocycles. The number of benzene rings is 1. The SMILES string of the molecule is CCCNC(CC)c1nnc(Cc2cccc(Br)c2)o1. The smallest absolute Gasteiger partial charge is 0.233 e. The summed E-state index contributed by atoms with van der Waals surface area (Å²) in [5.74, 6) is 1.35. The molecular formula is C15H20BrN3O. The molecule has 5 heteroatoms. The van der Waals surface area contributed by atoms with Crippen LogP contribution in [0.15, 0.2) is 33.2 Å². The highest BCUT2D eigenvalue weighted by molar-refractivity contribution is 9.10. The lowest BCUT2D eigenvalue weighted by atomic mass is 10.1. The van der Waals surface area contributed by atoms with E-state index < -0.39 is 0 Å². The van der Waals surface area contributed by atoms with Crippen LogP contribution in [0.2, 0.25) is 0 Å². The van der Waals surface area contributed by atoms with Gasteiger partial charge in [0, 0.05) is 4.47 Å². The number of hydrogen-bond donors (Lipinski definition) is 1. The highest BCUT2D eigenvalue weighted by Gasteiger charge is 2.16. The summed E-state index contributed by atoms with van der Waals surface area (Å²) in [7, 11) is 0. The van der Waals surface area contributed by atoms with E-state index in [9.17, 15) is 0 Å². The quantitative estimate of drug-likeness (QED) is 0.833. The van der Waals surface area contributed by atoms with E-state index in [-0.39, 0.29) is 6.04 Å². The largest absolute Gasteiger partial charge is 0.423 e. The molecule has 0 aliphatic heterocycles. The molecule has 4 nitrogen and oxygen atoms in total. The maximum Gasteiger partial charge on any atom is 0.233 e. The lowest BCUT2D eigenvalue weighted by Gasteiger charge is -2.11. The second-order valence-corrected chi connectivity index (χ2v) is 5.67. The van der Waals surface area contributed by atoms with Crippen LogP contribution in [0.25, 0.3) is 0 Å². The number of nitrogens with zero attached hydrogens (tertiary/aromatic N) is 2. The van der Waals surface area contributed by atoms with Crippen molar-refractivity contribution in [1.82, 2.24) is 15.5 Å². The van der Waals surface area contributed by atoms with Crippen molar-refractivity contribution in [3.63, 3.8) is 0 Å². The second kappa shape index (κ2) is 7.55. The summed E-state index contributed by atoms with van der Waals surface area (Å²) in [5, 5.41) is 11.7. The lowest BCUT2D eigenvalue weighted by molar-refractivity contribution is 0.376. The maximum absolute atomic E-state index is 5.78. The normalized spacial score (nSPS) is 12.6. The first-order valence-electron chi connectivity index (χ1n) is 7.03. The number of aromatic nitrogens is 2. The molecule has 2 aromatic rings. The zero-order valence-corrected chi connectivity index (χ0v) is 13.5. The van der Waals surface area contributed by atoms with E-state index in [0.717, 1.165) is 29.4 Å². The number of rotatable bonds is 7. The third kappa shape index (κ3) is 4.15. The maximum atomic E-state index is 5.78. The fourth-order valence-electron chi connectivity index (χ4n) is 2.03. The Morgan fingerprint density at radius 2 is 2.15 bits per heavy atom. The predicted octanol–water partition coefficient (Wildman–Crippen LogP) is 3.87. The summed E-state index contributed by atoms with van der Waals surface area (Å²) in [6.45, 7) is 5.22. The highest BCUT2D eigenvalue weighted by atomic mass is 79.9. The van der Waals surface area contributed by atoms with Gasteiger partial charge in [0.05, 0.1) is 12.5 Å². The van der Waals surface area contributed by atoms with Crippen LogP contribution in [0.3, 0.4) is 0 Å². The standard InChI is InChI=1S/C15H20BrN3O/c1-3-8-17-13(4-2)15-19-18-14(20-15)10-11-6-5-7-12(16)9-11/h5-7,9,13,17H,3-4,8,10H2,1-2H3. The van der Waals surface area contributed by atoms with Crippen LogP contribution >= 0.6 is 15.9 Å². The molecule has 1 atom stereocenters. The molecule has 2 rings (SSSR count). The first-order chi connectivity index (χ1) is 9.72. The zero-order valence-electron chi connectivity index (χ0n) is 11.9. The molecule has 1 N–H and O–H groups in total. The van der Waals surface area contributed by atoms with Crippen molar-refractivity contribution in [1.29, 1.82) is 0 Å². The lowest BCUT2D eigenvalue weighted by Crippen LogP contribution is -2.21. The van der Waals surface area contributed by atoms with Gasteiger partial charge in [-0.2, -0.15) is 0 Å². The molecule has 0 bridgehead atoms. The van der Waals surface area contributed by atoms with Gasteiger partial charge in [0.15, 0.2) is 0 Å². The summed E-state index contributed by atoms with van der Waals surface area (Å²) in [6, 6.07) is 8.29. The van der Waals surface area contributed by atoms with Crippen molar-refractivity contribution in [3.05, 3.63) is 46.1 Å². The van der Waals surface area contributed by atoms with Crippen molar-refractivity contribution in [2.45, 2.75) is 39.2 Å². The first kappa shape index (κ1) is 15.2. The highest BCUT2D eigenvalue weighted by Crippen LogP contribution is 2.18. The first-order valence-corrected chi connectivity index (χ1v) is 7.82. The Morgan fingerprint density at radius 3 is 2.85 bits per heavy atom. The minimum absolute atomic E-state index is 0.152. The number of halogens is 1. The molecule has 0 aliphatic rings. The Labute approximate surface area is 128 Å². The van der Waals surface area contributed by atoms with E-state index in [0.29, 0.717) is 18.2 Å². The van der Waals surface area contributed by atoms with Gasteiger partial charge in [-0.05, 0) is 37.1 Å². The van der Waals surface area contributed by atoms with Gasteiger partial charge in [-0.1, -0.05) is 41.9 Å². The van der Waals surface area contributed by atoms with Crippen molar-refractivity contribution < 1.29 is 4.42 Å². The molecule has 0 spiro atoms. The second-order valence-electron chi connectivity index (χ2n) is 4.76. The molecule has 0 amide bonds. The van der Waals surface area contributed by atoms with E-state index in [1.54, 1.807) is 0 Å². The van der Waals surface area contributed by atoms with Crippen molar-refractivity contribution >= 4 is 15.9 Å². The average Bonchev–Trinajstić information content (AvgIpc) is 2.88. The summed E-state index contributed by atoms with van der Waals surface area (Å²) in [6.07, 6.45) is 2.70. The Morgan fingerprint density at radius 1 is 1.30 bits per heavy atom. The van der Waals surface area contributed by atoms with E-state index in [1.807, 2.05) is 12.1 Å². The van der Waals surface area contributed by atoms with E-state index >= 15 is 0 Å². The van der Waals surface area contributed by atoms with Gasteiger partial charge in [-0.25, -0.2) is 0 Å². The molecule has 20 heavy (non-hydrogen) atoms. The molecule has 0 saturated heterocycles. The minimum Gasteiger partial charge on any atom is -0.423 e. The molecule has 108 valence electrons. The van der Waals surface area contributed by atoms with Gasteiger partial charge in [-0.3, -0.25) is 0 Å². The fraction of sp³-hybridized carbons (Fsp3) is 0.467. The fourth-order valence-corrected chi connectivity index (χ4v) is 2.47. The predicted molar refractivity (Wildman–Crippen MR) is 82.6 cm³/mol. The minimum atomic E-state index is 0.152. The topological polar surface area (TPSA) is 51.0 Å². The molecule has 0 fully saturated rings. The van der Waals surface area contributed by atoms with Gasteiger partial charge >= 0.3 is 0 Å². The van der Waals surface area contributed by atoms with Gasteiger partial charge in [0.1, 0.15) is 0 Å². The van der Waals surface area contributed by atoms with E-state index in [4.69, 9.17) is 4.42 Å². The summed E-state index contributed by atoms with van der Waals surface area (Å²) in [5.41, 5.74) is 1.16. The zero-order chi connectivity index (χ0) is 14.4.